The minimum Gasteiger partial charge on any atom is -0.490 e. The molecule has 3 rings (SSSR count). The summed E-state index contributed by atoms with van der Waals surface area (Å²) in [5.41, 5.74) is 2.26. The van der Waals surface area contributed by atoms with Crippen LogP contribution in [0, 0.1) is 6.92 Å². The number of nitrogens with one attached hydrogen (secondary N) is 2. The Balaban J connectivity index is 1.68. The monoisotopic (exact) mass is 287 g/mol. The molecule has 4 nitrogen and oxygen atoms in total. The van der Waals surface area contributed by atoms with Gasteiger partial charge in [0.2, 0.25) is 0 Å². The molecule has 1 saturated carbocycles. The van der Waals surface area contributed by atoms with Crippen molar-refractivity contribution in [1.29, 1.82) is 0 Å². The van der Waals surface area contributed by atoms with Gasteiger partial charge in [0.1, 0.15) is 11.9 Å². The van der Waals surface area contributed by atoms with Gasteiger partial charge in [-0.15, -0.1) is 0 Å². The van der Waals surface area contributed by atoms with Crippen molar-refractivity contribution in [3.8, 4) is 5.75 Å². The average Bonchev–Trinajstić information content (AvgIpc) is 2.98. The van der Waals surface area contributed by atoms with E-state index in [-0.39, 0.29) is 0 Å². The molecule has 4 heteroatoms. The average molecular weight is 287 g/mol. The molecule has 0 amide bonds. The predicted octanol–water partition coefficient (Wildman–Crippen LogP) is 3.56. The van der Waals surface area contributed by atoms with Gasteiger partial charge in [-0.1, -0.05) is 6.92 Å². The maximum Gasteiger partial charge on any atom is 0.123 e. The highest BCUT2D eigenvalue weighted by Gasteiger charge is 2.23. The molecule has 2 N–H and O–H groups in total. The van der Waals surface area contributed by atoms with Gasteiger partial charge in [0.25, 0.3) is 0 Å². The van der Waals surface area contributed by atoms with Crippen LogP contribution in [-0.2, 0) is 0 Å². The maximum absolute atomic E-state index is 6.29. The number of H-pyrrole nitrogens is 1. The molecule has 1 aliphatic carbocycles. The normalized spacial score (nSPS) is 22.6. The number of rotatable bonds is 5. The molecular weight excluding hydrogens is 262 g/mol. The lowest BCUT2D eigenvalue weighted by atomic mass is 9.92. The number of aromatic nitrogens is 2. The van der Waals surface area contributed by atoms with Crippen LogP contribution < -0.4 is 10.1 Å². The smallest absolute Gasteiger partial charge is 0.123 e. The van der Waals surface area contributed by atoms with Crippen molar-refractivity contribution in [2.45, 2.75) is 58.1 Å². The zero-order valence-corrected chi connectivity index (χ0v) is 13.0. The maximum atomic E-state index is 6.29. The molecule has 0 saturated heterocycles. The molecule has 21 heavy (non-hydrogen) atoms. The summed E-state index contributed by atoms with van der Waals surface area (Å²) >= 11 is 0. The van der Waals surface area contributed by atoms with E-state index in [1.165, 1.54) is 24.8 Å². The molecule has 1 aromatic carbocycles. The minimum absolute atomic E-state index is 0.330. The van der Waals surface area contributed by atoms with Crippen LogP contribution in [0.15, 0.2) is 18.3 Å². The highest BCUT2D eigenvalue weighted by atomic mass is 16.5. The highest BCUT2D eigenvalue weighted by Crippen LogP contribution is 2.29. The van der Waals surface area contributed by atoms with Crippen LogP contribution in [0.2, 0.25) is 0 Å². The van der Waals surface area contributed by atoms with E-state index in [2.05, 4.69) is 41.5 Å². The predicted molar refractivity (Wildman–Crippen MR) is 85.8 cm³/mol. The fourth-order valence-electron chi connectivity index (χ4n) is 3.23. The molecule has 0 bridgehead atoms. The van der Waals surface area contributed by atoms with Crippen molar-refractivity contribution in [1.82, 2.24) is 15.5 Å². The van der Waals surface area contributed by atoms with Gasteiger partial charge < -0.3 is 10.1 Å². The largest absolute Gasteiger partial charge is 0.490 e. The van der Waals surface area contributed by atoms with E-state index in [4.69, 9.17) is 4.74 Å². The lowest BCUT2D eigenvalue weighted by molar-refractivity contribution is 0.134. The topological polar surface area (TPSA) is 49.9 Å². The second-order valence-electron chi connectivity index (χ2n) is 6.08. The first-order chi connectivity index (χ1) is 10.3. The van der Waals surface area contributed by atoms with E-state index in [0.717, 1.165) is 36.0 Å². The van der Waals surface area contributed by atoms with Crippen LogP contribution in [0.3, 0.4) is 0 Å². The van der Waals surface area contributed by atoms with Crippen LogP contribution in [0.4, 0.5) is 0 Å². The number of aryl methyl sites for hydroxylation is 1. The zero-order valence-electron chi connectivity index (χ0n) is 13.0. The second-order valence-corrected chi connectivity index (χ2v) is 6.08. The van der Waals surface area contributed by atoms with Crippen molar-refractivity contribution in [2.75, 3.05) is 6.54 Å². The van der Waals surface area contributed by atoms with E-state index < -0.39 is 0 Å². The summed E-state index contributed by atoms with van der Waals surface area (Å²) in [7, 11) is 0. The van der Waals surface area contributed by atoms with E-state index in [1.54, 1.807) is 0 Å². The molecule has 0 unspecified atom stereocenters. The van der Waals surface area contributed by atoms with E-state index >= 15 is 0 Å². The third kappa shape index (κ3) is 3.21. The van der Waals surface area contributed by atoms with Gasteiger partial charge in [0.15, 0.2) is 0 Å². The van der Waals surface area contributed by atoms with Gasteiger partial charge in [-0.25, -0.2) is 0 Å². The molecular formula is C17H25N3O. The summed E-state index contributed by atoms with van der Waals surface area (Å²) in [6.45, 7) is 5.44. The number of hydrogen-bond acceptors (Lipinski definition) is 3. The van der Waals surface area contributed by atoms with E-state index in [9.17, 15) is 0 Å². The van der Waals surface area contributed by atoms with Crippen molar-refractivity contribution in [3.05, 3.63) is 23.9 Å². The summed E-state index contributed by atoms with van der Waals surface area (Å²) in [6.07, 6.45) is 8.20. The molecule has 0 radical (unpaired) electrons. The molecule has 1 aliphatic rings. The highest BCUT2D eigenvalue weighted by molar-refractivity contribution is 5.83. The lowest BCUT2D eigenvalue weighted by Crippen LogP contribution is -2.38. The Labute approximate surface area is 126 Å². The van der Waals surface area contributed by atoms with E-state index in [0.29, 0.717) is 12.1 Å². The van der Waals surface area contributed by atoms with Crippen molar-refractivity contribution in [3.63, 3.8) is 0 Å². The lowest BCUT2D eigenvalue weighted by Gasteiger charge is -2.30. The summed E-state index contributed by atoms with van der Waals surface area (Å²) in [5.74, 6) is 1.00. The summed E-state index contributed by atoms with van der Waals surface area (Å²) in [6, 6.07) is 4.74. The third-order valence-corrected chi connectivity index (χ3v) is 4.45. The molecule has 0 spiro atoms. The summed E-state index contributed by atoms with van der Waals surface area (Å²) in [4.78, 5) is 0. The Bertz CT molecular complexity index is 593. The van der Waals surface area contributed by atoms with Crippen molar-refractivity contribution in [2.24, 2.45) is 0 Å². The van der Waals surface area contributed by atoms with Crippen LogP contribution in [0.5, 0.6) is 5.75 Å². The summed E-state index contributed by atoms with van der Waals surface area (Å²) in [5, 5.41) is 11.9. The fourth-order valence-corrected chi connectivity index (χ4v) is 3.23. The number of benzene rings is 1. The standard InChI is InChI=1S/C17H25N3O/c1-3-9-18-13-5-4-6-14(10-13)21-17-8-7-16-15(12(17)2)11-19-20-16/h7-8,11,13-14,18H,3-6,9-10H2,1-2H3,(H,19,20)/t13-,14+/m1/s1. The molecule has 0 aliphatic heterocycles. The van der Waals surface area contributed by atoms with Gasteiger partial charge in [0.05, 0.1) is 11.7 Å². The summed E-state index contributed by atoms with van der Waals surface area (Å²) < 4.78 is 6.29. The molecule has 1 aromatic heterocycles. The Morgan fingerprint density at radius 3 is 3.14 bits per heavy atom. The first-order valence-electron chi connectivity index (χ1n) is 8.10. The number of fused-ring (bicyclic) bond motifs is 1. The van der Waals surface area contributed by atoms with Gasteiger partial charge in [0, 0.05) is 17.0 Å². The number of hydrogen-bond donors (Lipinski definition) is 2. The Hall–Kier alpha value is -1.55. The van der Waals surface area contributed by atoms with Gasteiger partial charge in [-0.2, -0.15) is 5.10 Å². The van der Waals surface area contributed by atoms with Crippen LogP contribution in [-0.4, -0.2) is 28.9 Å². The van der Waals surface area contributed by atoms with E-state index in [1.807, 2.05) is 6.20 Å². The fraction of sp³-hybridized carbons (Fsp3) is 0.588. The van der Waals surface area contributed by atoms with Crippen LogP contribution in [0.1, 0.15) is 44.6 Å². The van der Waals surface area contributed by atoms with Gasteiger partial charge in [-0.3, -0.25) is 5.10 Å². The molecule has 1 fully saturated rings. The van der Waals surface area contributed by atoms with Gasteiger partial charge in [-0.05, 0) is 57.7 Å². The SMILES string of the molecule is CCCN[C@@H]1CCC[C@H](Oc2ccc3[nH]ncc3c2C)C1. The Morgan fingerprint density at radius 2 is 2.29 bits per heavy atom. The van der Waals surface area contributed by atoms with Crippen LogP contribution in [0.25, 0.3) is 10.9 Å². The molecule has 2 aromatic rings. The van der Waals surface area contributed by atoms with Crippen LogP contribution >= 0.6 is 0 Å². The molecule has 114 valence electrons. The molecule has 1 heterocycles. The quantitative estimate of drug-likeness (QED) is 0.884. The number of aromatic amines is 1. The zero-order chi connectivity index (χ0) is 14.7. The second kappa shape index (κ2) is 6.48. The third-order valence-electron chi connectivity index (χ3n) is 4.45. The number of ether oxygens (including phenoxy) is 1. The van der Waals surface area contributed by atoms with Gasteiger partial charge >= 0.3 is 0 Å². The van der Waals surface area contributed by atoms with Crippen molar-refractivity contribution >= 4 is 10.9 Å². The number of nitrogens with zero attached hydrogens (tertiary/aromatic N) is 1. The van der Waals surface area contributed by atoms with Crippen molar-refractivity contribution < 1.29 is 4.74 Å². The Morgan fingerprint density at radius 1 is 1.38 bits per heavy atom. The minimum atomic E-state index is 0.330. The molecule has 2 atom stereocenters. The first-order valence-corrected chi connectivity index (χ1v) is 8.10. The first kappa shape index (κ1) is 14.4. The Kier molecular flexibility index (Phi) is 4.44.